The lowest BCUT2D eigenvalue weighted by Crippen LogP contribution is -2.91. The van der Waals surface area contributed by atoms with Crippen molar-refractivity contribution in [1.29, 1.82) is 0 Å². The van der Waals surface area contributed by atoms with Crippen molar-refractivity contribution in [1.82, 2.24) is 0 Å². The van der Waals surface area contributed by atoms with Gasteiger partial charge in [-0.1, -0.05) is 166 Å². The van der Waals surface area contributed by atoms with Gasteiger partial charge in [0, 0.05) is 66.4 Å². The summed E-state index contributed by atoms with van der Waals surface area (Å²) in [5.74, 6) is 0. The van der Waals surface area contributed by atoms with Gasteiger partial charge in [-0.15, -0.1) is 0 Å². The summed E-state index contributed by atoms with van der Waals surface area (Å²) in [7, 11) is -36.1. The van der Waals surface area contributed by atoms with Crippen molar-refractivity contribution in [2.75, 3.05) is 13.2 Å². The third-order valence-electron chi connectivity index (χ3n) is 23.2. The van der Waals surface area contributed by atoms with E-state index >= 15 is 0 Å². The molecule has 2 aromatic rings. The molecule has 7 saturated carbocycles. The lowest BCUT2D eigenvalue weighted by atomic mass is 9.72. The van der Waals surface area contributed by atoms with Crippen molar-refractivity contribution in [3.05, 3.63) is 56.5 Å². The Hall–Kier alpha value is 0.792. The molecule has 0 unspecified atom stereocenters. The molecule has 0 amide bonds. The van der Waals surface area contributed by atoms with Crippen molar-refractivity contribution in [2.24, 2.45) is 0 Å². The summed E-state index contributed by atoms with van der Waals surface area (Å²) < 4.78 is 121. The fourth-order valence-corrected chi connectivity index (χ4v) is 78.6. The number of benzene rings is 2. The third kappa shape index (κ3) is 11.3. The van der Waals surface area contributed by atoms with E-state index in [-0.39, 0.29) is 44.2 Å². The number of fused-ring (bicyclic) bond motifs is 3. The minimum Gasteiger partial charge on any atom is -0.395 e. The molecular weight excluding hydrogens is 1370 g/mol. The van der Waals surface area contributed by atoms with E-state index in [4.69, 9.17) is 58.2 Å². The van der Waals surface area contributed by atoms with Crippen LogP contribution in [0.5, 0.6) is 0 Å². The lowest BCUT2D eigenvalue weighted by Gasteiger charge is -2.66. The molecule has 6 aliphatic heterocycles. The quantitative estimate of drug-likeness (QED) is 0.0868. The maximum Gasteiger partial charge on any atom is 0.646 e. The van der Waals surface area contributed by atoms with Gasteiger partial charge in [-0.2, -0.15) is 0 Å². The number of rotatable bonds is 21. The molecule has 0 N–H and O–H groups in total. The first-order valence-electron chi connectivity index (χ1n) is 35.0. The molecule has 14 nitrogen and oxygen atoms in total. The molecule has 6 heterocycles. The minimum atomic E-state index is -4.61. The molecule has 25 heteroatoms. The summed E-state index contributed by atoms with van der Waals surface area (Å²) in [5.41, 5.74) is 5.29. The summed E-state index contributed by atoms with van der Waals surface area (Å²) >= 11 is 7.78. The van der Waals surface area contributed by atoms with Gasteiger partial charge in [-0.25, -0.2) is 0 Å². The lowest BCUT2D eigenvalue weighted by molar-refractivity contribution is -0.0611. The maximum absolute atomic E-state index is 8.63. The zero-order chi connectivity index (χ0) is 58.5. The van der Waals surface area contributed by atoms with Crippen molar-refractivity contribution in [3.63, 3.8) is 0 Å². The predicted molar refractivity (Wildman–Crippen MR) is 355 cm³/mol. The van der Waals surface area contributed by atoms with Gasteiger partial charge in [0.2, 0.25) is 0 Å². The Kier molecular flexibility index (Phi) is 18.1. The highest BCUT2D eigenvalue weighted by molar-refractivity contribution is 9.10. The number of ether oxygens (including phenoxy) is 1. The molecule has 8 aliphatic carbocycles. The Bertz CT molecular complexity index is 2520. The first-order chi connectivity index (χ1) is 41.7. The highest BCUT2D eigenvalue weighted by atomic mass is 79.9. The van der Waals surface area contributed by atoms with E-state index in [9.17, 15) is 0 Å². The van der Waals surface area contributed by atoms with Gasteiger partial charge in [-0.05, 0) is 175 Å². The fraction of sp³-hybridized carbons (Fsp3) is 0.803. The Morgan fingerprint density at radius 2 is 0.721 bits per heavy atom. The normalized spacial score (nSPS) is 38.8. The van der Waals surface area contributed by atoms with Crippen LogP contribution in [-0.4, -0.2) is 92.2 Å². The largest absolute Gasteiger partial charge is 0.646 e. The standard InChI is InChI=1S/C61H98Br2O14Si9/c1-4-5-6-21-41-61(59-46-48(62)37-39-57(59)58-40-38-49(63)47-60(58)61)42-44-64-43-22-45-78(2,3)65-86-75-83(54-31-15-16-32-54)69-80(51-25-9-10-26-51)66-79(50-23-7-8-24-50)67-81(71-83,52-27-11-12-28-52)73-85(77-86,56-35-19-20-36-56)74-82(68-79,53-29-13-14-30-53)72-84(70-80,76-86)55-33-17-18-34-55/h37-40,46-47,50-56H,4-36,41-45H2,1-3H3. The molecule has 0 radical (unpaired) electrons. The first kappa shape index (κ1) is 62.9. The summed E-state index contributed by atoms with van der Waals surface area (Å²) in [6.45, 7) is 8.27. The van der Waals surface area contributed by atoms with Crippen LogP contribution in [0.2, 0.25) is 57.9 Å². The second-order valence-corrected chi connectivity index (χ2v) is 61.0. The average molecular weight is 1470 g/mol. The second-order valence-electron chi connectivity index (χ2n) is 29.4. The molecule has 8 bridgehead atoms. The number of hydrogen-bond donors (Lipinski definition) is 0. The van der Waals surface area contributed by atoms with Crippen LogP contribution in [0, 0.1) is 0 Å². The number of halogens is 2. The predicted octanol–water partition coefficient (Wildman–Crippen LogP) is 18.4. The van der Waals surface area contributed by atoms with Gasteiger partial charge >= 0.3 is 70.7 Å². The summed E-state index contributed by atoms with van der Waals surface area (Å²) in [6.07, 6.45) is 35.9. The van der Waals surface area contributed by atoms with Gasteiger partial charge < -0.3 is 58.2 Å². The fourth-order valence-electron chi connectivity index (χ4n) is 18.9. The third-order valence-corrected chi connectivity index (χ3v) is 66.9. The number of hydrogen-bond acceptors (Lipinski definition) is 14. The van der Waals surface area contributed by atoms with Gasteiger partial charge in [0.1, 0.15) is 0 Å². The SMILES string of the molecule is CCCCCCC1(CCOCCC[Si](C)(C)O[Si]23O[Si]4(C5CCCC5)O[Si]5(C6CCCC6)O[Si](C6CCCC6)(O2)O[Si]2(C6CCCC6)O[Si](C6CCCC6)(O3)O[Si](C3CCCC3)(O4)O[Si](C3CCCC3)(O5)O2)c2cc(Br)ccc2-c2ccc(Br)cc21. The van der Waals surface area contributed by atoms with Crippen molar-refractivity contribution in [2.45, 2.75) is 295 Å². The smallest absolute Gasteiger partial charge is 0.395 e. The molecule has 0 atom stereocenters. The summed E-state index contributed by atoms with van der Waals surface area (Å²) in [6, 6.07) is 14.6. The van der Waals surface area contributed by atoms with E-state index in [1.54, 1.807) is 0 Å². The molecule has 476 valence electrons. The van der Waals surface area contributed by atoms with Crippen LogP contribution in [-0.2, 0) is 63.6 Å². The van der Waals surface area contributed by atoms with E-state index in [0.717, 1.165) is 214 Å². The number of unbranched alkanes of at least 4 members (excludes halogenated alkanes) is 3. The van der Waals surface area contributed by atoms with Crippen molar-refractivity contribution >= 4 is 111 Å². The Labute approximate surface area is 540 Å². The van der Waals surface area contributed by atoms with Gasteiger partial charge in [0.05, 0.1) is 0 Å². The Morgan fingerprint density at radius 3 is 1.03 bits per heavy atom. The van der Waals surface area contributed by atoms with Crippen LogP contribution in [0.1, 0.15) is 243 Å². The summed E-state index contributed by atoms with van der Waals surface area (Å²) in [5, 5.41) is 0. The zero-order valence-electron chi connectivity index (χ0n) is 51.8. The second kappa shape index (κ2) is 24.8. The molecule has 6 saturated heterocycles. The maximum atomic E-state index is 8.63. The van der Waals surface area contributed by atoms with Gasteiger partial charge in [-0.3, -0.25) is 0 Å². The molecule has 2 aromatic carbocycles. The van der Waals surface area contributed by atoms with Gasteiger partial charge in [0.25, 0.3) is 0 Å². The molecule has 0 spiro atoms. The van der Waals surface area contributed by atoms with E-state index in [1.807, 2.05) is 0 Å². The van der Waals surface area contributed by atoms with Crippen LogP contribution in [0.15, 0.2) is 45.3 Å². The van der Waals surface area contributed by atoms with Crippen LogP contribution < -0.4 is 0 Å². The van der Waals surface area contributed by atoms with Crippen LogP contribution in [0.4, 0.5) is 0 Å². The molecular formula is C61H98Br2O14Si9. The van der Waals surface area contributed by atoms with E-state index in [0.29, 0.717) is 13.2 Å². The average Bonchev–Trinajstić information content (AvgIpc) is 0.789. The zero-order valence-corrected chi connectivity index (χ0v) is 64.0. The molecule has 14 aliphatic rings. The van der Waals surface area contributed by atoms with Crippen LogP contribution >= 0.6 is 31.9 Å². The molecule has 86 heavy (non-hydrogen) atoms. The monoisotopic (exact) mass is 1460 g/mol. The van der Waals surface area contributed by atoms with Crippen LogP contribution in [0.3, 0.4) is 0 Å². The Morgan fingerprint density at radius 1 is 0.407 bits per heavy atom. The molecule has 13 fully saturated rings. The van der Waals surface area contributed by atoms with Crippen LogP contribution in [0.25, 0.3) is 11.1 Å². The highest BCUT2D eigenvalue weighted by Crippen LogP contribution is 2.67. The van der Waals surface area contributed by atoms with Crippen molar-refractivity contribution < 1.29 is 58.2 Å². The van der Waals surface area contributed by atoms with Gasteiger partial charge in [0.15, 0.2) is 8.32 Å². The van der Waals surface area contributed by atoms with E-state index < -0.39 is 79.0 Å². The van der Waals surface area contributed by atoms with Crippen molar-refractivity contribution in [3.8, 4) is 11.1 Å². The first-order valence-corrected chi connectivity index (χ1v) is 53.9. The summed E-state index contributed by atoms with van der Waals surface area (Å²) in [4.78, 5) is 0. The van der Waals surface area contributed by atoms with E-state index in [1.165, 1.54) is 47.9 Å². The minimum absolute atomic E-state index is 0.00422. The highest BCUT2D eigenvalue weighted by Gasteiger charge is 2.89. The molecule has 16 rings (SSSR count). The van der Waals surface area contributed by atoms with E-state index in [2.05, 4.69) is 88.3 Å². The topological polar surface area (TPSA) is 129 Å². The Balaban J connectivity index is 0.830. The molecule has 0 aromatic heterocycles.